The van der Waals surface area contributed by atoms with E-state index in [0.717, 1.165) is 16.6 Å². The number of rotatable bonds is 3. The molecule has 0 N–H and O–H groups in total. The molecular weight excluding hydrogens is 358 g/mol. The van der Waals surface area contributed by atoms with Crippen molar-refractivity contribution in [3.05, 3.63) is 59.7 Å². The molecule has 134 valence electrons. The third-order valence-electron chi connectivity index (χ3n) is 4.78. The van der Waals surface area contributed by atoms with Crippen LogP contribution in [0, 0.1) is 11.6 Å². The molecule has 0 bridgehead atoms. The van der Waals surface area contributed by atoms with Gasteiger partial charge in [-0.25, -0.2) is 8.78 Å². The lowest BCUT2D eigenvalue weighted by atomic mass is 10.1. The van der Waals surface area contributed by atoms with E-state index in [1.54, 1.807) is 11.9 Å². The van der Waals surface area contributed by atoms with Crippen LogP contribution in [0.2, 0.25) is 0 Å². The molecule has 26 heavy (non-hydrogen) atoms. The zero-order valence-corrected chi connectivity index (χ0v) is 14.9. The van der Waals surface area contributed by atoms with E-state index in [2.05, 4.69) is 0 Å². The van der Waals surface area contributed by atoms with Crippen LogP contribution in [-0.4, -0.2) is 28.6 Å². The molecule has 2 aliphatic rings. The summed E-state index contributed by atoms with van der Waals surface area (Å²) in [6.07, 6.45) is 0.700. The van der Waals surface area contributed by atoms with Crippen molar-refractivity contribution in [1.29, 1.82) is 0 Å². The summed E-state index contributed by atoms with van der Waals surface area (Å²) >= 11 is 1.37. The van der Waals surface area contributed by atoms with Crippen molar-refractivity contribution in [3.8, 4) is 0 Å². The fourth-order valence-electron chi connectivity index (χ4n) is 3.56. The van der Waals surface area contributed by atoms with Gasteiger partial charge in [-0.05, 0) is 24.6 Å². The van der Waals surface area contributed by atoms with Crippen LogP contribution in [0.4, 0.5) is 14.5 Å². The maximum absolute atomic E-state index is 13.9. The Bertz CT molecular complexity index is 920. The van der Waals surface area contributed by atoms with Gasteiger partial charge in [0.15, 0.2) is 4.87 Å². The highest BCUT2D eigenvalue weighted by molar-refractivity contribution is 8.02. The van der Waals surface area contributed by atoms with Crippen LogP contribution in [0.3, 0.4) is 0 Å². The molecule has 0 saturated carbocycles. The van der Waals surface area contributed by atoms with E-state index in [-0.39, 0.29) is 23.9 Å². The van der Waals surface area contributed by atoms with Crippen molar-refractivity contribution in [3.63, 3.8) is 0 Å². The summed E-state index contributed by atoms with van der Waals surface area (Å²) < 4.78 is 27.0. The lowest BCUT2D eigenvalue weighted by Crippen LogP contribution is -2.52. The summed E-state index contributed by atoms with van der Waals surface area (Å²) in [4.78, 5) is 28.5. The summed E-state index contributed by atoms with van der Waals surface area (Å²) in [5.41, 5.74) is 0.977. The van der Waals surface area contributed by atoms with Crippen molar-refractivity contribution in [2.75, 3.05) is 11.9 Å². The van der Waals surface area contributed by atoms with E-state index >= 15 is 0 Å². The van der Waals surface area contributed by atoms with Gasteiger partial charge >= 0.3 is 0 Å². The van der Waals surface area contributed by atoms with E-state index in [1.165, 1.54) is 28.8 Å². The molecular formula is C19H16F2N2O2S. The fourth-order valence-corrected chi connectivity index (χ4v) is 5.07. The van der Waals surface area contributed by atoms with Crippen molar-refractivity contribution < 1.29 is 18.4 Å². The molecule has 1 fully saturated rings. The highest BCUT2D eigenvalue weighted by Crippen LogP contribution is 2.56. The van der Waals surface area contributed by atoms with Crippen LogP contribution in [0.1, 0.15) is 18.4 Å². The van der Waals surface area contributed by atoms with Gasteiger partial charge in [0.05, 0.1) is 5.69 Å². The maximum atomic E-state index is 13.9. The van der Waals surface area contributed by atoms with Crippen LogP contribution in [0.25, 0.3) is 0 Å². The van der Waals surface area contributed by atoms with Gasteiger partial charge in [-0.2, -0.15) is 0 Å². The van der Waals surface area contributed by atoms with Gasteiger partial charge in [0.25, 0.3) is 5.91 Å². The summed E-state index contributed by atoms with van der Waals surface area (Å²) in [6, 6.07) is 10.7. The van der Waals surface area contributed by atoms with E-state index in [0.29, 0.717) is 12.8 Å². The molecule has 2 amide bonds. The number of hydrogen-bond donors (Lipinski definition) is 0. The van der Waals surface area contributed by atoms with E-state index in [9.17, 15) is 18.4 Å². The number of para-hydroxylation sites is 1. The number of thioether (sulfide) groups is 1. The summed E-state index contributed by atoms with van der Waals surface area (Å²) in [7, 11) is 1.57. The monoisotopic (exact) mass is 374 g/mol. The molecule has 0 aromatic heterocycles. The van der Waals surface area contributed by atoms with Crippen molar-refractivity contribution >= 4 is 29.3 Å². The zero-order valence-electron chi connectivity index (χ0n) is 14.0. The van der Waals surface area contributed by atoms with Crippen LogP contribution >= 0.6 is 11.8 Å². The standard InChI is InChI=1S/C19H16F2N2O2S/c1-22(11-12-6-7-13(20)10-14(12)21)18(25)19-9-8-17(24)23(19)15-4-2-3-5-16(15)26-19/h2-7,10H,8-9,11H2,1H3. The summed E-state index contributed by atoms with van der Waals surface area (Å²) in [6.45, 7) is 0.00559. The number of fused-ring (bicyclic) bond motifs is 3. The second kappa shape index (κ2) is 6.09. The first kappa shape index (κ1) is 17.0. The number of benzene rings is 2. The van der Waals surface area contributed by atoms with Gasteiger partial charge in [0, 0.05) is 36.5 Å². The topological polar surface area (TPSA) is 40.6 Å². The van der Waals surface area contributed by atoms with Crippen molar-refractivity contribution in [1.82, 2.24) is 4.90 Å². The summed E-state index contributed by atoms with van der Waals surface area (Å²) in [5, 5.41) is 0. The lowest BCUT2D eigenvalue weighted by molar-refractivity contribution is -0.133. The van der Waals surface area contributed by atoms with Crippen LogP contribution < -0.4 is 4.90 Å². The number of nitrogens with zero attached hydrogens (tertiary/aromatic N) is 2. The first-order chi connectivity index (χ1) is 12.4. The van der Waals surface area contributed by atoms with Gasteiger partial charge in [-0.1, -0.05) is 30.0 Å². The Morgan fingerprint density at radius 1 is 1.27 bits per heavy atom. The molecule has 4 rings (SSSR count). The van der Waals surface area contributed by atoms with Crippen LogP contribution in [0.5, 0.6) is 0 Å². The van der Waals surface area contributed by atoms with Crippen LogP contribution in [0.15, 0.2) is 47.4 Å². The van der Waals surface area contributed by atoms with E-state index < -0.39 is 16.5 Å². The molecule has 2 aromatic carbocycles. The first-order valence-electron chi connectivity index (χ1n) is 8.23. The predicted molar refractivity (Wildman–Crippen MR) is 94.6 cm³/mol. The normalized spacial score (nSPS) is 20.9. The number of hydrogen-bond acceptors (Lipinski definition) is 3. The zero-order chi connectivity index (χ0) is 18.5. The molecule has 2 heterocycles. The Kier molecular flexibility index (Phi) is 3.99. The average molecular weight is 374 g/mol. The largest absolute Gasteiger partial charge is 0.338 e. The second-order valence-corrected chi connectivity index (χ2v) is 7.80. The van der Waals surface area contributed by atoms with Crippen molar-refractivity contribution in [2.24, 2.45) is 0 Å². The minimum absolute atomic E-state index is 0.00559. The number of likely N-dealkylation sites (N-methyl/N-ethyl adjacent to an activating group) is 1. The van der Waals surface area contributed by atoms with Gasteiger partial charge in [0.2, 0.25) is 5.91 Å². The minimum atomic E-state index is -1.02. The third-order valence-corrected chi connectivity index (χ3v) is 6.24. The molecule has 1 atom stereocenters. The van der Waals surface area contributed by atoms with E-state index in [1.807, 2.05) is 24.3 Å². The summed E-state index contributed by atoms with van der Waals surface area (Å²) in [5.74, 6) is -1.69. The number of amides is 2. The molecule has 1 saturated heterocycles. The highest BCUT2D eigenvalue weighted by atomic mass is 32.2. The average Bonchev–Trinajstić information content (AvgIpc) is 3.12. The smallest absolute Gasteiger partial charge is 0.259 e. The SMILES string of the molecule is CN(Cc1ccc(F)cc1F)C(=O)C12CCC(=O)N1c1ccccc1S2. The number of carbonyl (C=O) groups excluding carboxylic acids is 2. The maximum Gasteiger partial charge on any atom is 0.259 e. The number of anilines is 1. The molecule has 7 heteroatoms. The van der Waals surface area contributed by atoms with Gasteiger partial charge in [-0.15, -0.1) is 0 Å². The van der Waals surface area contributed by atoms with Gasteiger partial charge < -0.3 is 4.90 Å². The minimum Gasteiger partial charge on any atom is -0.338 e. The van der Waals surface area contributed by atoms with Crippen LogP contribution in [-0.2, 0) is 16.1 Å². The Morgan fingerprint density at radius 3 is 2.81 bits per heavy atom. The first-order valence-corrected chi connectivity index (χ1v) is 9.04. The molecule has 0 radical (unpaired) electrons. The van der Waals surface area contributed by atoms with Crippen molar-refractivity contribution in [2.45, 2.75) is 29.2 Å². The third kappa shape index (κ3) is 2.49. The fraction of sp³-hybridized carbons (Fsp3) is 0.263. The molecule has 1 unspecified atom stereocenters. The quantitative estimate of drug-likeness (QED) is 0.825. The second-order valence-electron chi connectivity index (χ2n) is 6.48. The molecule has 2 aromatic rings. The Morgan fingerprint density at radius 2 is 2.04 bits per heavy atom. The number of carbonyl (C=O) groups is 2. The highest BCUT2D eigenvalue weighted by Gasteiger charge is 2.58. The lowest BCUT2D eigenvalue weighted by Gasteiger charge is -2.33. The Hall–Kier alpha value is -2.41. The predicted octanol–water partition coefficient (Wildman–Crippen LogP) is 3.55. The molecule has 2 aliphatic heterocycles. The molecule has 4 nitrogen and oxygen atoms in total. The molecule has 0 spiro atoms. The van der Waals surface area contributed by atoms with Gasteiger partial charge in [0.1, 0.15) is 11.6 Å². The molecule has 0 aliphatic carbocycles. The van der Waals surface area contributed by atoms with Gasteiger partial charge in [-0.3, -0.25) is 14.5 Å². The number of halogens is 2. The van der Waals surface area contributed by atoms with E-state index in [4.69, 9.17) is 0 Å². The Labute approximate surface area is 153 Å². The Balaban J connectivity index is 1.64.